The summed E-state index contributed by atoms with van der Waals surface area (Å²) in [5.41, 5.74) is 0.722. The van der Waals surface area contributed by atoms with E-state index in [1.807, 2.05) is 34.1 Å². The van der Waals surface area contributed by atoms with E-state index < -0.39 is 5.97 Å². The Bertz CT molecular complexity index is 507. The summed E-state index contributed by atoms with van der Waals surface area (Å²) in [4.78, 5) is 26.9. The van der Waals surface area contributed by atoms with Crippen LogP contribution in [-0.2, 0) is 4.79 Å². The van der Waals surface area contributed by atoms with Gasteiger partial charge in [0, 0.05) is 29.7 Å². The lowest BCUT2D eigenvalue weighted by Crippen LogP contribution is -2.37. The fraction of sp³-hybridized carbons (Fsp3) is 0.429. The molecular weight excluding hydrogens is 371 g/mol. The smallest absolute Gasteiger partial charge is 0.317 e. The summed E-state index contributed by atoms with van der Waals surface area (Å²) in [6.07, 6.45) is 0.808. The van der Waals surface area contributed by atoms with E-state index in [9.17, 15) is 9.59 Å². The number of halogens is 1. The van der Waals surface area contributed by atoms with Crippen LogP contribution < -0.4 is 0 Å². The Morgan fingerprint density at radius 3 is 2.60 bits per heavy atom. The molecule has 1 aliphatic heterocycles. The Balaban J connectivity index is 2.02. The van der Waals surface area contributed by atoms with Crippen molar-refractivity contribution in [1.82, 2.24) is 9.80 Å². The van der Waals surface area contributed by atoms with Gasteiger partial charge in [0.25, 0.3) is 5.91 Å². The van der Waals surface area contributed by atoms with Gasteiger partial charge in [-0.25, -0.2) is 0 Å². The molecule has 0 aliphatic carbocycles. The lowest BCUT2D eigenvalue weighted by molar-refractivity contribution is -0.138. The second-order valence-electron chi connectivity index (χ2n) is 4.80. The van der Waals surface area contributed by atoms with E-state index in [0.29, 0.717) is 19.6 Å². The van der Waals surface area contributed by atoms with Gasteiger partial charge in [-0.15, -0.1) is 0 Å². The van der Waals surface area contributed by atoms with E-state index in [-0.39, 0.29) is 12.5 Å². The topological polar surface area (TPSA) is 60.9 Å². The molecule has 2 rings (SSSR count). The highest BCUT2D eigenvalue weighted by atomic mass is 127. The molecule has 0 atom stereocenters. The second-order valence-corrected chi connectivity index (χ2v) is 5.96. The summed E-state index contributed by atoms with van der Waals surface area (Å²) in [6.45, 7) is 2.64. The third-order valence-corrected chi connectivity index (χ3v) is 4.28. The van der Waals surface area contributed by atoms with Crippen molar-refractivity contribution in [2.24, 2.45) is 0 Å². The quantitative estimate of drug-likeness (QED) is 0.798. The van der Waals surface area contributed by atoms with Crippen molar-refractivity contribution in [3.05, 3.63) is 33.4 Å². The van der Waals surface area contributed by atoms with Crippen molar-refractivity contribution in [1.29, 1.82) is 0 Å². The minimum atomic E-state index is -0.817. The third kappa shape index (κ3) is 3.92. The summed E-state index contributed by atoms with van der Waals surface area (Å²) < 4.78 is 0.946. The van der Waals surface area contributed by atoms with Crippen LogP contribution >= 0.6 is 22.6 Å². The van der Waals surface area contributed by atoms with Crippen molar-refractivity contribution in [2.45, 2.75) is 6.42 Å². The average Bonchev–Trinajstić information content (AvgIpc) is 2.63. The molecule has 0 radical (unpaired) electrons. The molecule has 0 aromatic heterocycles. The minimum Gasteiger partial charge on any atom is -0.480 e. The Hall–Kier alpha value is -1.15. The average molecular weight is 388 g/mol. The van der Waals surface area contributed by atoms with Gasteiger partial charge < -0.3 is 10.0 Å². The first kappa shape index (κ1) is 15.2. The first-order chi connectivity index (χ1) is 9.58. The van der Waals surface area contributed by atoms with Gasteiger partial charge in [-0.05, 0) is 41.1 Å². The number of carbonyl (C=O) groups excluding carboxylic acids is 1. The number of carboxylic acid groups (broad SMARTS) is 1. The zero-order chi connectivity index (χ0) is 14.5. The Kier molecular flexibility index (Phi) is 5.36. The van der Waals surface area contributed by atoms with Crippen molar-refractivity contribution in [3.8, 4) is 0 Å². The fourth-order valence-electron chi connectivity index (χ4n) is 2.33. The van der Waals surface area contributed by atoms with Gasteiger partial charge in [-0.1, -0.05) is 12.1 Å². The molecule has 5 nitrogen and oxygen atoms in total. The van der Waals surface area contributed by atoms with Crippen molar-refractivity contribution in [2.75, 3.05) is 32.7 Å². The number of nitrogens with zero attached hydrogens (tertiary/aromatic N) is 2. The SMILES string of the molecule is O=C(O)CN1CCCN(C(=O)c2ccccc2I)CC1. The molecule has 0 bridgehead atoms. The predicted octanol–water partition coefficient (Wildman–Crippen LogP) is 1.52. The molecule has 0 spiro atoms. The first-order valence-electron chi connectivity index (χ1n) is 6.56. The molecule has 6 heteroatoms. The second kappa shape index (κ2) is 7.03. The van der Waals surface area contributed by atoms with Gasteiger partial charge in [0.1, 0.15) is 0 Å². The van der Waals surface area contributed by atoms with Crippen LogP contribution in [0.25, 0.3) is 0 Å². The molecule has 20 heavy (non-hydrogen) atoms. The first-order valence-corrected chi connectivity index (χ1v) is 7.64. The number of carbonyl (C=O) groups is 2. The van der Waals surface area contributed by atoms with Crippen LogP contribution in [0.1, 0.15) is 16.8 Å². The Morgan fingerprint density at radius 1 is 1.15 bits per heavy atom. The van der Waals surface area contributed by atoms with E-state index in [1.165, 1.54) is 0 Å². The van der Waals surface area contributed by atoms with Crippen LogP contribution in [0.2, 0.25) is 0 Å². The van der Waals surface area contributed by atoms with Gasteiger partial charge in [-0.2, -0.15) is 0 Å². The van der Waals surface area contributed by atoms with Gasteiger partial charge >= 0.3 is 5.97 Å². The largest absolute Gasteiger partial charge is 0.480 e. The summed E-state index contributed by atoms with van der Waals surface area (Å²) in [7, 11) is 0. The number of hydrogen-bond acceptors (Lipinski definition) is 3. The molecule has 0 saturated carbocycles. The van der Waals surface area contributed by atoms with Crippen molar-refractivity contribution < 1.29 is 14.7 Å². The maximum Gasteiger partial charge on any atom is 0.317 e. The highest BCUT2D eigenvalue weighted by Gasteiger charge is 2.22. The van der Waals surface area contributed by atoms with Crippen LogP contribution in [-0.4, -0.2) is 59.5 Å². The lowest BCUT2D eigenvalue weighted by atomic mass is 10.2. The highest BCUT2D eigenvalue weighted by Crippen LogP contribution is 2.15. The van der Waals surface area contributed by atoms with E-state index in [4.69, 9.17) is 5.11 Å². The molecule has 1 heterocycles. The predicted molar refractivity (Wildman–Crippen MR) is 83.8 cm³/mol. The van der Waals surface area contributed by atoms with Crippen molar-refractivity contribution >= 4 is 34.5 Å². The van der Waals surface area contributed by atoms with Crippen molar-refractivity contribution in [3.63, 3.8) is 0 Å². The van der Waals surface area contributed by atoms with Crippen LogP contribution in [0.4, 0.5) is 0 Å². The normalized spacial score (nSPS) is 16.8. The highest BCUT2D eigenvalue weighted by molar-refractivity contribution is 14.1. The molecule has 1 aromatic carbocycles. The molecule has 1 aliphatic rings. The summed E-state index contributed by atoms with van der Waals surface area (Å²) in [5.74, 6) is -0.783. The zero-order valence-corrected chi connectivity index (χ0v) is 13.2. The minimum absolute atomic E-state index is 0.0344. The summed E-state index contributed by atoms with van der Waals surface area (Å²) >= 11 is 2.17. The number of amides is 1. The molecule has 1 fully saturated rings. The van der Waals surface area contributed by atoms with E-state index in [1.54, 1.807) is 0 Å². The van der Waals surface area contributed by atoms with Gasteiger partial charge in [0.15, 0.2) is 0 Å². The number of hydrogen-bond donors (Lipinski definition) is 1. The van der Waals surface area contributed by atoms with Gasteiger partial charge in [0.05, 0.1) is 12.1 Å². The molecule has 1 saturated heterocycles. The molecule has 1 amide bonds. The summed E-state index contributed by atoms with van der Waals surface area (Å²) in [6, 6.07) is 7.53. The lowest BCUT2D eigenvalue weighted by Gasteiger charge is -2.21. The number of aliphatic carboxylic acids is 1. The van der Waals surface area contributed by atoms with Crippen LogP contribution in [0.3, 0.4) is 0 Å². The fourth-order valence-corrected chi connectivity index (χ4v) is 2.95. The molecule has 1 N–H and O–H groups in total. The molecular formula is C14H17IN2O3. The zero-order valence-electron chi connectivity index (χ0n) is 11.1. The Labute approximate surface area is 131 Å². The summed E-state index contributed by atoms with van der Waals surface area (Å²) in [5, 5.41) is 8.82. The third-order valence-electron chi connectivity index (χ3n) is 3.34. The standard InChI is InChI=1S/C14H17IN2O3/c15-12-5-2-1-4-11(12)14(20)17-7-3-6-16(8-9-17)10-13(18)19/h1-2,4-5H,3,6-10H2,(H,18,19). The van der Waals surface area contributed by atoms with Gasteiger partial charge in [0.2, 0.25) is 0 Å². The van der Waals surface area contributed by atoms with E-state index in [2.05, 4.69) is 22.6 Å². The monoisotopic (exact) mass is 388 g/mol. The Morgan fingerprint density at radius 2 is 1.90 bits per heavy atom. The van der Waals surface area contributed by atoms with Crippen LogP contribution in [0.5, 0.6) is 0 Å². The number of benzene rings is 1. The molecule has 1 aromatic rings. The number of rotatable bonds is 3. The van der Waals surface area contributed by atoms with E-state index in [0.717, 1.165) is 22.1 Å². The van der Waals surface area contributed by atoms with Crippen LogP contribution in [0, 0.1) is 3.57 Å². The van der Waals surface area contributed by atoms with E-state index >= 15 is 0 Å². The molecule has 108 valence electrons. The van der Waals surface area contributed by atoms with Gasteiger partial charge in [-0.3, -0.25) is 14.5 Å². The van der Waals surface area contributed by atoms with Crippen LogP contribution in [0.15, 0.2) is 24.3 Å². The number of carboxylic acids is 1. The maximum atomic E-state index is 12.5. The maximum absolute atomic E-state index is 12.5. The molecule has 0 unspecified atom stereocenters.